The number of aromatic nitrogens is 5. The number of fused-ring (bicyclic) bond motifs is 1. The van der Waals surface area contributed by atoms with Crippen molar-refractivity contribution in [2.45, 2.75) is 6.42 Å². The van der Waals surface area contributed by atoms with Gasteiger partial charge in [0.1, 0.15) is 5.82 Å². The number of carbonyl (C=O) groups is 1. The quantitative estimate of drug-likeness (QED) is 0.540. The van der Waals surface area contributed by atoms with Crippen LogP contribution in [0.15, 0.2) is 48.8 Å². The zero-order valence-corrected chi connectivity index (χ0v) is 15.6. The molecule has 29 heavy (non-hydrogen) atoms. The van der Waals surface area contributed by atoms with Crippen LogP contribution in [-0.4, -0.2) is 49.5 Å². The van der Waals surface area contributed by atoms with Crippen LogP contribution in [0.5, 0.6) is 0 Å². The Morgan fingerprint density at radius 1 is 1.24 bits per heavy atom. The highest BCUT2D eigenvalue weighted by Gasteiger charge is 2.17. The Morgan fingerprint density at radius 2 is 2.10 bits per heavy atom. The fraction of sp³-hybridized carbons (Fsp3) is 0.150. The lowest BCUT2D eigenvalue weighted by Crippen LogP contribution is -2.29. The van der Waals surface area contributed by atoms with Crippen LogP contribution in [0.2, 0.25) is 0 Å². The molecule has 0 spiro atoms. The van der Waals surface area contributed by atoms with E-state index in [1.165, 1.54) is 23.2 Å². The molecule has 0 fully saturated rings. The number of nitrogen functional groups attached to an aromatic ring is 1. The Kier molecular flexibility index (Phi) is 4.86. The molecular formula is C20H18FN7O. The molecule has 146 valence electrons. The Morgan fingerprint density at radius 3 is 2.90 bits per heavy atom. The molecule has 0 aliphatic rings. The third-order valence-electron chi connectivity index (χ3n) is 4.52. The first-order valence-corrected chi connectivity index (χ1v) is 8.94. The minimum atomic E-state index is -0.544. The number of aromatic amines is 1. The van der Waals surface area contributed by atoms with Gasteiger partial charge in [-0.1, -0.05) is 6.07 Å². The van der Waals surface area contributed by atoms with E-state index in [1.807, 2.05) is 18.2 Å². The topological polar surface area (TPSA) is 114 Å². The van der Waals surface area contributed by atoms with Crippen molar-refractivity contribution in [1.29, 1.82) is 0 Å². The summed E-state index contributed by atoms with van der Waals surface area (Å²) in [5.41, 5.74) is 8.13. The van der Waals surface area contributed by atoms with Gasteiger partial charge in [-0.3, -0.25) is 14.9 Å². The minimum absolute atomic E-state index is 0.0290. The molecule has 3 N–H and O–H groups in total. The fourth-order valence-corrected chi connectivity index (χ4v) is 3.07. The standard InChI is InChI=1S/C20H18FN7O/c1-28(7-5-15-4-2-3-6-23-15)19(29)13-8-12(9-14(21)10-13)17-16-11-24-27-18(16)26-20(22)25-17/h2-4,6,8-11H,5,7H2,1H3,(H3,22,24,25,26,27). The Hall–Kier alpha value is -3.88. The molecule has 8 nitrogen and oxygen atoms in total. The van der Waals surface area contributed by atoms with Crippen molar-refractivity contribution in [1.82, 2.24) is 30.0 Å². The summed E-state index contributed by atoms with van der Waals surface area (Å²) in [6, 6.07) is 9.74. The number of nitrogens with one attached hydrogen (secondary N) is 1. The molecule has 1 amide bonds. The summed E-state index contributed by atoms with van der Waals surface area (Å²) < 4.78 is 14.3. The van der Waals surface area contributed by atoms with Gasteiger partial charge < -0.3 is 10.6 Å². The third kappa shape index (κ3) is 3.88. The molecule has 0 aliphatic carbocycles. The molecule has 3 heterocycles. The highest BCUT2D eigenvalue weighted by atomic mass is 19.1. The second kappa shape index (κ2) is 7.63. The van der Waals surface area contributed by atoms with Gasteiger partial charge in [0.05, 0.1) is 17.3 Å². The lowest BCUT2D eigenvalue weighted by atomic mass is 10.0. The number of benzene rings is 1. The SMILES string of the molecule is CN(CCc1ccccn1)C(=O)c1cc(F)cc(-c2nc(N)nc3[nH]ncc23)c1. The van der Waals surface area contributed by atoms with Crippen LogP contribution in [0.3, 0.4) is 0 Å². The fourth-order valence-electron chi connectivity index (χ4n) is 3.07. The van der Waals surface area contributed by atoms with Crippen molar-refractivity contribution in [3.8, 4) is 11.3 Å². The van der Waals surface area contributed by atoms with Crippen LogP contribution in [0.1, 0.15) is 16.1 Å². The number of anilines is 1. The van der Waals surface area contributed by atoms with Crippen LogP contribution in [0, 0.1) is 5.82 Å². The summed E-state index contributed by atoms with van der Waals surface area (Å²) in [7, 11) is 1.67. The number of hydrogen-bond donors (Lipinski definition) is 2. The molecule has 0 aliphatic heterocycles. The smallest absolute Gasteiger partial charge is 0.253 e. The summed E-state index contributed by atoms with van der Waals surface area (Å²) in [5.74, 6) is -0.814. The van der Waals surface area contributed by atoms with E-state index in [0.717, 1.165) is 5.69 Å². The number of nitrogens with two attached hydrogens (primary N) is 1. The molecule has 0 unspecified atom stereocenters. The van der Waals surface area contributed by atoms with E-state index in [2.05, 4.69) is 25.1 Å². The summed E-state index contributed by atoms with van der Waals surface area (Å²) in [4.78, 5) is 26.9. The summed E-state index contributed by atoms with van der Waals surface area (Å²) in [6.07, 6.45) is 3.85. The number of pyridine rings is 1. The molecule has 3 aromatic heterocycles. The molecule has 0 saturated heterocycles. The molecule has 0 bridgehead atoms. The van der Waals surface area contributed by atoms with Gasteiger partial charge in [-0.05, 0) is 30.3 Å². The Balaban J connectivity index is 1.62. The second-order valence-electron chi connectivity index (χ2n) is 6.59. The van der Waals surface area contributed by atoms with Gasteiger partial charge in [0.15, 0.2) is 5.65 Å². The number of hydrogen-bond acceptors (Lipinski definition) is 6. The Labute approximate surface area is 165 Å². The van der Waals surface area contributed by atoms with E-state index in [4.69, 9.17) is 5.73 Å². The zero-order chi connectivity index (χ0) is 20.4. The maximum absolute atomic E-state index is 14.3. The first-order chi connectivity index (χ1) is 14.0. The maximum atomic E-state index is 14.3. The van der Waals surface area contributed by atoms with Crippen LogP contribution in [0.25, 0.3) is 22.3 Å². The lowest BCUT2D eigenvalue weighted by Gasteiger charge is -2.17. The van der Waals surface area contributed by atoms with E-state index in [9.17, 15) is 9.18 Å². The van der Waals surface area contributed by atoms with Gasteiger partial charge >= 0.3 is 0 Å². The molecule has 0 saturated carbocycles. The van der Waals surface area contributed by atoms with Crippen LogP contribution in [0.4, 0.5) is 10.3 Å². The highest BCUT2D eigenvalue weighted by Crippen LogP contribution is 2.27. The van der Waals surface area contributed by atoms with Gasteiger partial charge in [0.2, 0.25) is 5.95 Å². The minimum Gasteiger partial charge on any atom is -0.368 e. The number of likely N-dealkylation sites (N-methyl/N-ethyl adjacent to an activating group) is 1. The predicted molar refractivity (Wildman–Crippen MR) is 106 cm³/mol. The van der Waals surface area contributed by atoms with Crippen molar-refractivity contribution in [2.75, 3.05) is 19.3 Å². The predicted octanol–water partition coefficient (Wildman–Crippen LogP) is 2.45. The molecule has 4 rings (SSSR count). The molecule has 1 aromatic carbocycles. The van der Waals surface area contributed by atoms with Crippen molar-refractivity contribution in [3.05, 3.63) is 65.9 Å². The summed E-state index contributed by atoms with van der Waals surface area (Å²) >= 11 is 0. The average molecular weight is 391 g/mol. The number of H-pyrrole nitrogens is 1. The van der Waals surface area contributed by atoms with E-state index >= 15 is 0 Å². The third-order valence-corrected chi connectivity index (χ3v) is 4.52. The van der Waals surface area contributed by atoms with Crippen molar-refractivity contribution >= 4 is 22.9 Å². The van der Waals surface area contributed by atoms with E-state index in [0.29, 0.717) is 35.3 Å². The van der Waals surface area contributed by atoms with E-state index < -0.39 is 5.82 Å². The Bertz CT molecular complexity index is 1180. The molecule has 4 aromatic rings. The number of amides is 1. The second-order valence-corrected chi connectivity index (χ2v) is 6.59. The zero-order valence-electron chi connectivity index (χ0n) is 15.6. The first kappa shape index (κ1) is 18.5. The highest BCUT2D eigenvalue weighted by molar-refractivity contribution is 5.97. The number of nitrogens with zero attached hydrogens (tertiary/aromatic N) is 5. The first-order valence-electron chi connectivity index (χ1n) is 8.94. The van der Waals surface area contributed by atoms with Gasteiger partial charge in [-0.25, -0.2) is 9.37 Å². The van der Waals surface area contributed by atoms with E-state index in [-0.39, 0.29) is 17.4 Å². The van der Waals surface area contributed by atoms with Gasteiger partial charge in [0, 0.05) is 43.0 Å². The normalized spacial score (nSPS) is 11.0. The maximum Gasteiger partial charge on any atom is 0.253 e. The van der Waals surface area contributed by atoms with Crippen molar-refractivity contribution < 1.29 is 9.18 Å². The lowest BCUT2D eigenvalue weighted by molar-refractivity contribution is 0.0796. The van der Waals surface area contributed by atoms with Gasteiger partial charge in [0.25, 0.3) is 5.91 Å². The van der Waals surface area contributed by atoms with Crippen LogP contribution >= 0.6 is 0 Å². The largest absolute Gasteiger partial charge is 0.368 e. The molecule has 9 heteroatoms. The summed E-state index contributed by atoms with van der Waals surface area (Å²) in [5, 5.41) is 7.24. The summed E-state index contributed by atoms with van der Waals surface area (Å²) in [6.45, 7) is 0.453. The van der Waals surface area contributed by atoms with Crippen LogP contribution in [-0.2, 0) is 6.42 Å². The van der Waals surface area contributed by atoms with Gasteiger partial charge in [-0.2, -0.15) is 10.1 Å². The monoisotopic (exact) mass is 391 g/mol. The molecular weight excluding hydrogens is 373 g/mol. The van der Waals surface area contributed by atoms with Crippen molar-refractivity contribution in [2.24, 2.45) is 0 Å². The van der Waals surface area contributed by atoms with Crippen LogP contribution < -0.4 is 5.73 Å². The van der Waals surface area contributed by atoms with Crippen molar-refractivity contribution in [3.63, 3.8) is 0 Å². The van der Waals surface area contributed by atoms with Gasteiger partial charge in [-0.15, -0.1) is 0 Å². The number of carbonyl (C=O) groups excluding carboxylic acids is 1. The van der Waals surface area contributed by atoms with E-state index in [1.54, 1.807) is 19.3 Å². The molecule has 0 radical (unpaired) electrons. The average Bonchev–Trinajstić information content (AvgIpc) is 3.19. The molecule has 0 atom stereocenters. The number of rotatable bonds is 5. The number of halogens is 1.